The van der Waals surface area contributed by atoms with Gasteiger partial charge >= 0.3 is 0 Å². The zero-order chi connectivity index (χ0) is 8.81. The van der Waals surface area contributed by atoms with E-state index in [1.165, 1.54) is 0 Å². The summed E-state index contributed by atoms with van der Waals surface area (Å²) in [7, 11) is 1.79. The van der Waals surface area contributed by atoms with Gasteiger partial charge < -0.3 is 15.8 Å². The Morgan fingerprint density at radius 3 is 2.50 bits per heavy atom. The Bertz CT molecular complexity index is 214. The number of aliphatic hydroxyl groups excluding tert-OH is 1. The fourth-order valence-corrected chi connectivity index (χ4v) is 0.966. The maximum atomic E-state index is 8.65. The van der Waals surface area contributed by atoms with E-state index in [0.717, 1.165) is 11.4 Å². The molecule has 66 valence electrons. The van der Waals surface area contributed by atoms with Gasteiger partial charge in [-0.1, -0.05) is 12.1 Å². The van der Waals surface area contributed by atoms with E-state index < -0.39 is 0 Å². The molecule has 0 unspecified atom stereocenters. The van der Waals surface area contributed by atoms with Crippen LogP contribution in [0.3, 0.4) is 0 Å². The summed E-state index contributed by atoms with van der Waals surface area (Å²) in [6.07, 6.45) is 0. The van der Waals surface area contributed by atoms with Crippen LogP contribution in [0.5, 0.6) is 0 Å². The highest BCUT2D eigenvalue weighted by Crippen LogP contribution is 2.18. The second kappa shape index (κ2) is 4.58. The van der Waals surface area contributed by atoms with Gasteiger partial charge in [0.15, 0.2) is 0 Å². The zero-order valence-corrected chi connectivity index (χ0v) is 6.96. The summed E-state index contributed by atoms with van der Waals surface area (Å²) in [6, 6.07) is 7.62. The van der Waals surface area contributed by atoms with Crippen LogP contribution in [0.1, 0.15) is 0 Å². The van der Waals surface area contributed by atoms with Gasteiger partial charge in [-0.3, -0.25) is 0 Å². The summed E-state index contributed by atoms with van der Waals surface area (Å²) in [6.45, 7) is -0.0671. The first-order chi connectivity index (χ1) is 5.88. The molecule has 12 heavy (non-hydrogen) atoms. The number of aliphatic hydroxyl groups is 1. The molecule has 4 nitrogen and oxygen atoms in total. The minimum Gasteiger partial charge on any atom is -0.377 e. The van der Waals surface area contributed by atoms with Crippen LogP contribution in [0.15, 0.2) is 24.3 Å². The van der Waals surface area contributed by atoms with Crippen LogP contribution >= 0.6 is 0 Å². The van der Waals surface area contributed by atoms with Gasteiger partial charge in [0.1, 0.15) is 6.73 Å². The van der Waals surface area contributed by atoms with E-state index in [9.17, 15) is 0 Å². The Morgan fingerprint density at radius 1 is 1.25 bits per heavy atom. The smallest absolute Gasteiger partial charge is 0.113 e. The van der Waals surface area contributed by atoms with Crippen molar-refractivity contribution in [3.05, 3.63) is 24.3 Å². The first-order valence-corrected chi connectivity index (χ1v) is 3.75. The lowest BCUT2D eigenvalue weighted by atomic mass is 10.3. The van der Waals surface area contributed by atoms with Crippen molar-refractivity contribution in [1.82, 2.24) is 5.43 Å². The van der Waals surface area contributed by atoms with Crippen LogP contribution in [0.25, 0.3) is 0 Å². The number of hydrazine groups is 1. The van der Waals surface area contributed by atoms with Gasteiger partial charge in [0.05, 0.1) is 11.4 Å². The maximum absolute atomic E-state index is 8.65. The summed E-state index contributed by atoms with van der Waals surface area (Å²) in [5.41, 5.74) is 7.53. The van der Waals surface area contributed by atoms with Crippen molar-refractivity contribution in [1.29, 1.82) is 0 Å². The predicted octanol–water partition coefficient (Wildman–Crippen LogP) is 0.595. The van der Waals surface area contributed by atoms with E-state index in [4.69, 9.17) is 5.11 Å². The Labute approximate surface area is 71.6 Å². The molecule has 0 amide bonds. The van der Waals surface area contributed by atoms with Gasteiger partial charge in [-0.15, -0.1) is 0 Å². The largest absolute Gasteiger partial charge is 0.377 e. The van der Waals surface area contributed by atoms with E-state index in [1.54, 1.807) is 7.05 Å². The normalized spacial score (nSPS) is 9.50. The number of hydrogen-bond acceptors (Lipinski definition) is 4. The third-order valence-corrected chi connectivity index (χ3v) is 1.46. The predicted molar refractivity (Wildman–Crippen MR) is 49.8 cm³/mol. The molecule has 0 bridgehead atoms. The second-order valence-electron chi connectivity index (χ2n) is 2.26. The molecular formula is C8H13N3O. The van der Waals surface area contributed by atoms with Gasteiger partial charge in [-0.2, -0.15) is 0 Å². The summed E-state index contributed by atoms with van der Waals surface area (Å²) >= 11 is 0. The van der Waals surface area contributed by atoms with Crippen LogP contribution in [-0.4, -0.2) is 18.9 Å². The van der Waals surface area contributed by atoms with Gasteiger partial charge in [0, 0.05) is 7.05 Å². The average molecular weight is 167 g/mol. The third-order valence-electron chi connectivity index (χ3n) is 1.46. The van der Waals surface area contributed by atoms with Crippen LogP contribution < -0.4 is 16.2 Å². The molecule has 1 rings (SSSR count). The number of para-hydroxylation sites is 2. The highest BCUT2D eigenvalue weighted by atomic mass is 16.3. The molecule has 0 saturated heterocycles. The van der Waals surface area contributed by atoms with Crippen molar-refractivity contribution in [2.45, 2.75) is 0 Å². The Morgan fingerprint density at radius 2 is 1.92 bits per heavy atom. The number of rotatable bonds is 4. The van der Waals surface area contributed by atoms with Gasteiger partial charge in [-0.25, -0.2) is 5.43 Å². The van der Waals surface area contributed by atoms with Crippen LogP contribution in [-0.2, 0) is 0 Å². The molecular weight excluding hydrogens is 154 g/mol. The van der Waals surface area contributed by atoms with Gasteiger partial charge in [-0.05, 0) is 12.1 Å². The number of anilines is 2. The molecule has 0 heterocycles. The highest BCUT2D eigenvalue weighted by molar-refractivity contribution is 5.67. The first-order valence-electron chi connectivity index (χ1n) is 3.75. The number of hydrogen-bond donors (Lipinski definition) is 4. The summed E-state index contributed by atoms with van der Waals surface area (Å²) in [4.78, 5) is 0. The lowest BCUT2D eigenvalue weighted by molar-refractivity contribution is 0.326. The lowest BCUT2D eigenvalue weighted by Gasteiger charge is -2.10. The van der Waals surface area contributed by atoms with Crippen LogP contribution in [0, 0.1) is 0 Å². The van der Waals surface area contributed by atoms with Crippen LogP contribution in [0.4, 0.5) is 11.4 Å². The van der Waals surface area contributed by atoms with Crippen molar-refractivity contribution < 1.29 is 5.11 Å². The van der Waals surface area contributed by atoms with Gasteiger partial charge in [0.2, 0.25) is 0 Å². The van der Waals surface area contributed by atoms with E-state index in [-0.39, 0.29) is 6.73 Å². The minimum absolute atomic E-state index is 0.0671. The van der Waals surface area contributed by atoms with Crippen LogP contribution in [0.2, 0.25) is 0 Å². The number of nitrogens with one attached hydrogen (secondary N) is 3. The molecule has 0 aliphatic heterocycles. The molecule has 0 atom stereocenters. The number of benzene rings is 1. The maximum Gasteiger partial charge on any atom is 0.113 e. The van der Waals surface area contributed by atoms with Crippen molar-refractivity contribution >= 4 is 11.4 Å². The van der Waals surface area contributed by atoms with Gasteiger partial charge in [0.25, 0.3) is 0 Å². The van der Waals surface area contributed by atoms with Crippen molar-refractivity contribution in [3.8, 4) is 0 Å². The highest BCUT2D eigenvalue weighted by Gasteiger charge is 1.96. The fraction of sp³-hybridized carbons (Fsp3) is 0.250. The molecule has 4 heteroatoms. The summed E-state index contributed by atoms with van der Waals surface area (Å²) < 4.78 is 0. The topological polar surface area (TPSA) is 56.3 Å². The fourth-order valence-electron chi connectivity index (χ4n) is 0.966. The SMILES string of the molecule is CNNc1ccccc1NCO. The lowest BCUT2D eigenvalue weighted by Crippen LogP contribution is -2.16. The minimum atomic E-state index is -0.0671. The van der Waals surface area contributed by atoms with Crippen molar-refractivity contribution in [2.24, 2.45) is 0 Å². The molecule has 0 aromatic heterocycles. The second-order valence-corrected chi connectivity index (χ2v) is 2.26. The van der Waals surface area contributed by atoms with Crippen molar-refractivity contribution in [2.75, 3.05) is 24.5 Å². The van der Waals surface area contributed by atoms with E-state index in [1.807, 2.05) is 24.3 Å². The summed E-state index contributed by atoms with van der Waals surface area (Å²) in [5.74, 6) is 0. The third kappa shape index (κ3) is 2.11. The summed E-state index contributed by atoms with van der Waals surface area (Å²) in [5, 5.41) is 11.5. The van der Waals surface area contributed by atoms with E-state index >= 15 is 0 Å². The van der Waals surface area contributed by atoms with Crippen molar-refractivity contribution in [3.63, 3.8) is 0 Å². The van der Waals surface area contributed by atoms with E-state index in [2.05, 4.69) is 16.2 Å². The Kier molecular flexibility index (Phi) is 3.37. The molecule has 4 N–H and O–H groups in total. The molecule has 0 aliphatic rings. The molecule has 0 aliphatic carbocycles. The standard InChI is InChI=1S/C8H13N3O/c1-9-11-8-5-3-2-4-7(8)10-6-12/h2-5,9-12H,6H2,1H3. The Hall–Kier alpha value is -1.26. The quantitative estimate of drug-likeness (QED) is 0.392. The first kappa shape index (κ1) is 8.83. The molecule has 0 radical (unpaired) electrons. The molecule has 1 aromatic carbocycles. The monoisotopic (exact) mass is 167 g/mol. The molecule has 0 saturated carbocycles. The molecule has 0 fully saturated rings. The Balaban J connectivity index is 2.77. The zero-order valence-electron chi connectivity index (χ0n) is 6.96. The average Bonchev–Trinajstić information content (AvgIpc) is 2.09. The molecule has 0 spiro atoms. The van der Waals surface area contributed by atoms with E-state index in [0.29, 0.717) is 0 Å². The molecule has 1 aromatic rings.